The third-order valence-electron chi connectivity index (χ3n) is 10.6. The molecule has 3 N–H and O–H groups in total. The number of morpholine rings is 1. The minimum absolute atomic E-state index is 0.0619. The number of aliphatic hydroxyl groups is 1. The molecule has 0 radical (unpaired) electrons. The Morgan fingerprint density at radius 2 is 1.73 bits per heavy atom. The average Bonchev–Trinajstić information content (AvgIpc) is 3.05. The summed E-state index contributed by atoms with van der Waals surface area (Å²) < 4.78 is 5.44. The maximum absolute atomic E-state index is 12.8. The molecule has 0 spiro atoms. The molecule has 0 unspecified atom stereocenters. The van der Waals surface area contributed by atoms with Gasteiger partial charge in [0.1, 0.15) is 13.1 Å². The lowest BCUT2D eigenvalue weighted by molar-refractivity contribution is -0.900. The number of hydrogen-bond acceptors (Lipinski definition) is 3. The molecule has 1 saturated heterocycles. The number of quaternary nitrogens is 1. The number of aliphatic hydroxyl groups excluding tert-OH is 1. The second kappa shape index (κ2) is 8.04. The van der Waals surface area contributed by atoms with Crippen molar-refractivity contribution in [3.8, 4) is 0 Å². The van der Waals surface area contributed by atoms with Crippen LogP contribution in [-0.4, -0.2) is 56.0 Å². The summed E-state index contributed by atoms with van der Waals surface area (Å²) in [4.78, 5) is 14.2. The van der Waals surface area contributed by atoms with Crippen molar-refractivity contribution in [2.45, 2.75) is 83.8 Å². The van der Waals surface area contributed by atoms with Crippen LogP contribution >= 0.6 is 0 Å². The smallest absolute Gasteiger partial charge is 0.275 e. The Balaban J connectivity index is 1.25. The summed E-state index contributed by atoms with van der Waals surface area (Å²) in [5.74, 6) is 3.39. The summed E-state index contributed by atoms with van der Waals surface area (Å²) in [5.41, 5.74) is 0.707. The fourth-order valence-electron chi connectivity index (χ4n) is 8.78. The molecule has 30 heavy (non-hydrogen) atoms. The van der Waals surface area contributed by atoms with Gasteiger partial charge in [-0.3, -0.25) is 4.79 Å². The highest BCUT2D eigenvalue weighted by Crippen LogP contribution is 2.66. The van der Waals surface area contributed by atoms with Gasteiger partial charge in [0, 0.05) is 6.04 Å². The molecule has 5 nitrogen and oxygen atoms in total. The van der Waals surface area contributed by atoms with E-state index < -0.39 is 0 Å². The van der Waals surface area contributed by atoms with Gasteiger partial charge in [0.05, 0.1) is 19.3 Å². The highest BCUT2D eigenvalue weighted by molar-refractivity contribution is 5.77. The number of amides is 1. The number of nitrogens with one attached hydrogen (secondary N) is 2. The molecule has 0 aromatic carbocycles. The summed E-state index contributed by atoms with van der Waals surface area (Å²) in [6.45, 7) is 9.13. The zero-order valence-corrected chi connectivity index (χ0v) is 19.1. The fraction of sp³-hybridized carbons (Fsp3) is 0.960. The van der Waals surface area contributed by atoms with E-state index in [4.69, 9.17) is 4.74 Å². The Labute approximate surface area is 182 Å². The van der Waals surface area contributed by atoms with Gasteiger partial charge in [0.25, 0.3) is 5.91 Å². The normalized spacial score (nSPS) is 49.0. The van der Waals surface area contributed by atoms with Crippen LogP contribution in [0.25, 0.3) is 0 Å². The molecule has 8 atom stereocenters. The topological polar surface area (TPSA) is 63.0 Å². The van der Waals surface area contributed by atoms with Gasteiger partial charge in [-0.2, -0.15) is 0 Å². The van der Waals surface area contributed by atoms with E-state index in [2.05, 4.69) is 19.2 Å². The minimum atomic E-state index is -0.0619. The Morgan fingerprint density at radius 3 is 2.53 bits per heavy atom. The van der Waals surface area contributed by atoms with Crippen molar-refractivity contribution in [1.29, 1.82) is 0 Å². The fourth-order valence-corrected chi connectivity index (χ4v) is 8.78. The van der Waals surface area contributed by atoms with Crippen LogP contribution in [0.3, 0.4) is 0 Å². The first kappa shape index (κ1) is 21.2. The van der Waals surface area contributed by atoms with Gasteiger partial charge in [0.15, 0.2) is 6.54 Å². The van der Waals surface area contributed by atoms with Gasteiger partial charge < -0.3 is 20.1 Å². The van der Waals surface area contributed by atoms with Crippen molar-refractivity contribution in [2.24, 2.45) is 34.5 Å². The van der Waals surface area contributed by atoms with E-state index in [1.165, 1.54) is 43.4 Å². The molecule has 0 aromatic heterocycles. The maximum Gasteiger partial charge on any atom is 0.275 e. The second-order valence-corrected chi connectivity index (χ2v) is 11.9. The number of rotatable bonds is 3. The molecular formula is C25H43N2O3+. The predicted molar refractivity (Wildman–Crippen MR) is 116 cm³/mol. The third kappa shape index (κ3) is 3.53. The monoisotopic (exact) mass is 419 g/mol. The van der Waals surface area contributed by atoms with E-state index in [-0.39, 0.29) is 17.4 Å². The van der Waals surface area contributed by atoms with Crippen molar-refractivity contribution >= 4 is 5.91 Å². The highest BCUT2D eigenvalue weighted by Gasteiger charge is 2.60. The lowest BCUT2D eigenvalue weighted by atomic mass is 9.45. The third-order valence-corrected chi connectivity index (χ3v) is 10.6. The highest BCUT2D eigenvalue weighted by atomic mass is 16.5. The molecule has 5 aliphatic rings. The standard InChI is InChI=1S/C25H42N2O3/c1-24-9-7-18(28)15-17(24)3-4-19-20-5-6-22(25(20,2)10-8-21(19)24)26-23(29)16-27-11-13-30-14-12-27/h17-22,28H,3-16H2,1-2H3,(H,26,29)/p+1/t17-,18+,19+,20+,21-,22-,24-,25-/m0/s1. The van der Waals surface area contributed by atoms with Crippen LogP contribution in [0.2, 0.25) is 0 Å². The van der Waals surface area contributed by atoms with Gasteiger partial charge in [-0.1, -0.05) is 13.8 Å². The van der Waals surface area contributed by atoms with E-state index in [0.29, 0.717) is 18.0 Å². The molecule has 4 saturated carbocycles. The lowest BCUT2D eigenvalue weighted by Gasteiger charge is -2.60. The lowest BCUT2D eigenvalue weighted by Crippen LogP contribution is -3.15. The van der Waals surface area contributed by atoms with E-state index in [1.54, 1.807) is 0 Å². The van der Waals surface area contributed by atoms with Crippen LogP contribution < -0.4 is 10.2 Å². The SMILES string of the molecule is C[C@]12CC[C@@H](O)C[C@@H]1CC[C@@H]1[C@H]3CC[C@H](NC(=O)C[NH+]4CCOCC4)[C@@]3(C)CC[C@@H]12. The van der Waals surface area contributed by atoms with Gasteiger partial charge >= 0.3 is 0 Å². The molecule has 1 aliphatic heterocycles. The molecule has 170 valence electrons. The zero-order chi connectivity index (χ0) is 20.9. The van der Waals surface area contributed by atoms with E-state index in [9.17, 15) is 9.90 Å². The first-order chi connectivity index (χ1) is 14.4. The van der Waals surface area contributed by atoms with E-state index in [0.717, 1.165) is 69.2 Å². The largest absolute Gasteiger partial charge is 0.393 e. The summed E-state index contributed by atoms with van der Waals surface area (Å²) in [7, 11) is 0. The molecule has 1 amide bonds. The van der Waals surface area contributed by atoms with Crippen LogP contribution in [-0.2, 0) is 9.53 Å². The van der Waals surface area contributed by atoms with Gasteiger partial charge in [-0.25, -0.2) is 0 Å². The van der Waals surface area contributed by atoms with Gasteiger partial charge in [-0.05, 0) is 92.3 Å². The Hall–Kier alpha value is -0.650. The van der Waals surface area contributed by atoms with Crippen molar-refractivity contribution in [3.05, 3.63) is 0 Å². The number of hydrogen-bond donors (Lipinski definition) is 3. The number of fused-ring (bicyclic) bond motifs is 5. The van der Waals surface area contributed by atoms with Crippen molar-refractivity contribution < 1.29 is 19.5 Å². The van der Waals surface area contributed by atoms with Crippen LogP contribution in [0.15, 0.2) is 0 Å². The summed E-state index contributed by atoms with van der Waals surface area (Å²) in [5, 5.41) is 13.7. The molecule has 0 bridgehead atoms. The molecule has 1 heterocycles. The van der Waals surface area contributed by atoms with Crippen molar-refractivity contribution in [3.63, 3.8) is 0 Å². The Morgan fingerprint density at radius 1 is 1.00 bits per heavy atom. The Kier molecular flexibility index (Phi) is 5.69. The molecule has 4 aliphatic carbocycles. The molecular weight excluding hydrogens is 376 g/mol. The molecule has 5 fully saturated rings. The Bertz CT molecular complexity index is 650. The maximum atomic E-state index is 12.8. The summed E-state index contributed by atoms with van der Waals surface area (Å²) >= 11 is 0. The quantitative estimate of drug-likeness (QED) is 0.654. The number of carbonyl (C=O) groups is 1. The van der Waals surface area contributed by atoms with E-state index in [1.807, 2.05) is 0 Å². The van der Waals surface area contributed by atoms with Crippen LogP contribution in [0.4, 0.5) is 0 Å². The number of carbonyl (C=O) groups excluding carboxylic acids is 1. The van der Waals surface area contributed by atoms with Crippen LogP contribution in [0.5, 0.6) is 0 Å². The van der Waals surface area contributed by atoms with Crippen molar-refractivity contribution in [1.82, 2.24) is 5.32 Å². The van der Waals surface area contributed by atoms with Crippen LogP contribution in [0.1, 0.15) is 71.6 Å². The van der Waals surface area contributed by atoms with Crippen LogP contribution in [0, 0.1) is 34.5 Å². The molecule has 5 heteroatoms. The zero-order valence-electron chi connectivity index (χ0n) is 19.1. The molecule has 0 aromatic rings. The average molecular weight is 420 g/mol. The summed E-state index contributed by atoms with van der Waals surface area (Å²) in [6.07, 6.45) is 10.9. The second-order valence-electron chi connectivity index (χ2n) is 11.9. The first-order valence-electron chi connectivity index (χ1n) is 12.8. The van der Waals surface area contributed by atoms with Crippen molar-refractivity contribution in [2.75, 3.05) is 32.8 Å². The van der Waals surface area contributed by atoms with Gasteiger partial charge in [-0.15, -0.1) is 0 Å². The predicted octanol–water partition coefficient (Wildman–Crippen LogP) is 1.79. The van der Waals surface area contributed by atoms with E-state index >= 15 is 0 Å². The minimum Gasteiger partial charge on any atom is -0.393 e. The van der Waals surface area contributed by atoms with Gasteiger partial charge in [0.2, 0.25) is 0 Å². The first-order valence-corrected chi connectivity index (χ1v) is 12.8. The summed E-state index contributed by atoms with van der Waals surface area (Å²) in [6, 6.07) is 0.357. The molecule has 5 rings (SSSR count). The number of ether oxygens (including phenoxy) is 1.